The number of nitrogens with two attached hydrogens (primary N) is 1. The van der Waals surface area contributed by atoms with Gasteiger partial charge in [0, 0.05) is 17.8 Å². The first kappa shape index (κ1) is 13.4. The monoisotopic (exact) mass is 258 g/mol. The van der Waals surface area contributed by atoms with Crippen molar-refractivity contribution in [3.63, 3.8) is 0 Å². The molecular formula is C15H18N2O2. The number of methoxy groups -OCH3 is 1. The second kappa shape index (κ2) is 6.20. The van der Waals surface area contributed by atoms with Crippen LogP contribution in [0, 0.1) is 0 Å². The van der Waals surface area contributed by atoms with Gasteiger partial charge in [0.1, 0.15) is 12.4 Å². The lowest BCUT2D eigenvalue weighted by Gasteiger charge is -2.14. The quantitative estimate of drug-likeness (QED) is 0.895. The Hall–Kier alpha value is -2.07. The van der Waals surface area contributed by atoms with Gasteiger partial charge in [0.25, 0.3) is 0 Å². The van der Waals surface area contributed by atoms with E-state index in [0.29, 0.717) is 12.5 Å². The Labute approximate surface area is 113 Å². The van der Waals surface area contributed by atoms with E-state index < -0.39 is 0 Å². The van der Waals surface area contributed by atoms with Crippen LogP contribution in [0.25, 0.3) is 0 Å². The summed E-state index contributed by atoms with van der Waals surface area (Å²) < 4.78 is 11.0. The van der Waals surface area contributed by atoms with Gasteiger partial charge in [0.05, 0.1) is 12.7 Å². The van der Waals surface area contributed by atoms with Crippen LogP contribution in [0.2, 0.25) is 0 Å². The molecule has 0 aliphatic heterocycles. The fourth-order valence-electron chi connectivity index (χ4n) is 1.86. The average molecular weight is 258 g/mol. The third kappa shape index (κ3) is 3.23. The molecule has 1 aromatic heterocycles. The van der Waals surface area contributed by atoms with E-state index in [4.69, 9.17) is 15.2 Å². The minimum atomic E-state index is -0.0630. The van der Waals surface area contributed by atoms with Crippen molar-refractivity contribution < 1.29 is 9.47 Å². The molecule has 1 heterocycles. The predicted octanol–water partition coefficient (Wildman–Crippen LogP) is 2.69. The Kier molecular flexibility index (Phi) is 4.36. The molecule has 0 amide bonds. The molecule has 2 rings (SSSR count). The van der Waals surface area contributed by atoms with E-state index in [-0.39, 0.29) is 6.04 Å². The summed E-state index contributed by atoms with van der Waals surface area (Å²) in [5, 5.41) is 0. The van der Waals surface area contributed by atoms with Crippen LogP contribution in [0.5, 0.6) is 11.6 Å². The zero-order valence-electron chi connectivity index (χ0n) is 11.2. The number of hydrogen-bond donors (Lipinski definition) is 1. The first-order chi connectivity index (χ1) is 9.22. The van der Waals surface area contributed by atoms with Gasteiger partial charge in [0.15, 0.2) is 0 Å². The van der Waals surface area contributed by atoms with Gasteiger partial charge in [-0.15, -0.1) is 0 Å². The normalized spacial score (nSPS) is 11.9. The van der Waals surface area contributed by atoms with Crippen LogP contribution < -0.4 is 15.2 Å². The molecule has 0 fully saturated rings. The Morgan fingerprint density at radius 2 is 2.00 bits per heavy atom. The predicted molar refractivity (Wildman–Crippen MR) is 74.2 cm³/mol. The lowest BCUT2D eigenvalue weighted by atomic mass is 10.1. The summed E-state index contributed by atoms with van der Waals surface area (Å²) in [6.07, 6.45) is 1.69. The SMILES string of the molecule is COc1ncccc1COc1ccccc1[C@@H](C)N. The first-order valence-corrected chi connectivity index (χ1v) is 6.17. The largest absolute Gasteiger partial charge is 0.488 e. The van der Waals surface area contributed by atoms with Crippen molar-refractivity contribution in [1.82, 2.24) is 4.98 Å². The molecule has 0 aliphatic rings. The van der Waals surface area contributed by atoms with Crippen LogP contribution in [0.4, 0.5) is 0 Å². The molecule has 4 nitrogen and oxygen atoms in total. The van der Waals surface area contributed by atoms with Crippen molar-refractivity contribution in [3.8, 4) is 11.6 Å². The smallest absolute Gasteiger partial charge is 0.219 e. The van der Waals surface area contributed by atoms with E-state index in [2.05, 4.69) is 4.98 Å². The molecule has 1 aromatic carbocycles. The molecule has 0 saturated heterocycles. The van der Waals surface area contributed by atoms with Crippen molar-refractivity contribution in [1.29, 1.82) is 0 Å². The van der Waals surface area contributed by atoms with Gasteiger partial charge in [-0.05, 0) is 25.1 Å². The Bertz CT molecular complexity index is 541. The van der Waals surface area contributed by atoms with Crippen molar-refractivity contribution in [2.75, 3.05) is 7.11 Å². The van der Waals surface area contributed by atoms with Crippen LogP contribution in [0.3, 0.4) is 0 Å². The zero-order chi connectivity index (χ0) is 13.7. The molecule has 19 heavy (non-hydrogen) atoms. The minimum Gasteiger partial charge on any atom is -0.488 e. The van der Waals surface area contributed by atoms with Crippen LogP contribution in [-0.2, 0) is 6.61 Å². The van der Waals surface area contributed by atoms with Gasteiger partial charge >= 0.3 is 0 Å². The third-order valence-corrected chi connectivity index (χ3v) is 2.84. The van der Waals surface area contributed by atoms with Crippen molar-refractivity contribution in [2.24, 2.45) is 5.73 Å². The van der Waals surface area contributed by atoms with E-state index >= 15 is 0 Å². The maximum Gasteiger partial charge on any atom is 0.219 e. The van der Waals surface area contributed by atoms with Crippen LogP contribution in [0.15, 0.2) is 42.6 Å². The lowest BCUT2D eigenvalue weighted by Crippen LogP contribution is -2.08. The fourth-order valence-corrected chi connectivity index (χ4v) is 1.86. The number of para-hydroxylation sites is 1. The fraction of sp³-hybridized carbons (Fsp3) is 0.267. The van der Waals surface area contributed by atoms with E-state index in [0.717, 1.165) is 16.9 Å². The number of benzene rings is 1. The summed E-state index contributed by atoms with van der Waals surface area (Å²) in [6.45, 7) is 2.34. The first-order valence-electron chi connectivity index (χ1n) is 6.17. The molecule has 0 unspecified atom stereocenters. The Morgan fingerprint density at radius 1 is 1.21 bits per heavy atom. The summed E-state index contributed by atoms with van der Waals surface area (Å²) in [5.74, 6) is 1.38. The molecule has 2 N–H and O–H groups in total. The molecule has 0 radical (unpaired) electrons. The highest BCUT2D eigenvalue weighted by Gasteiger charge is 2.09. The van der Waals surface area contributed by atoms with Gasteiger partial charge in [-0.2, -0.15) is 0 Å². The Morgan fingerprint density at radius 3 is 2.74 bits per heavy atom. The number of ether oxygens (including phenoxy) is 2. The molecule has 4 heteroatoms. The van der Waals surface area contributed by atoms with Crippen molar-refractivity contribution in [3.05, 3.63) is 53.7 Å². The maximum atomic E-state index is 5.92. The maximum absolute atomic E-state index is 5.92. The van der Waals surface area contributed by atoms with E-state index in [9.17, 15) is 0 Å². The van der Waals surface area contributed by atoms with Gasteiger partial charge in [-0.1, -0.05) is 18.2 Å². The summed E-state index contributed by atoms with van der Waals surface area (Å²) in [5.41, 5.74) is 7.82. The van der Waals surface area contributed by atoms with Gasteiger partial charge in [-0.3, -0.25) is 0 Å². The molecule has 1 atom stereocenters. The van der Waals surface area contributed by atoms with E-state index in [1.165, 1.54) is 0 Å². The summed E-state index contributed by atoms with van der Waals surface area (Å²) in [7, 11) is 1.60. The molecule has 100 valence electrons. The third-order valence-electron chi connectivity index (χ3n) is 2.84. The summed E-state index contributed by atoms with van der Waals surface area (Å²) in [6, 6.07) is 11.5. The molecule has 2 aromatic rings. The van der Waals surface area contributed by atoms with Crippen molar-refractivity contribution in [2.45, 2.75) is 19.6 Å². The topological polar surface area (TPSA) is 57.4 Å². The van der Waals surface area contributed by atoms with E-state index in [1.54, 1.807) is 13.3 Å². The van der Waals surface area contributed by atoms with E-state index in [1.807, 2.05) is 43.3 Å². The van der Waals surface area contributed by atoms with Crippen LogP contribution in [0.1, 0.15) is 24.1 Å². The summed E-state index contributed by atoms with van der Waals surface area (Å²) >= 11 is 0. The van der Waals surface area contributed by atoms with Gasteiger partial charge < -0.3 is 15.2 Å². The molecule has 0 aliphatic carbocycles. The van der Waals surface area contributed by atoms with Crippen molar-refractivity contribution >= 4 is 0 Å². The standard InChI is InChI=1S/C15H18N2O2/c1-11(16)13-7-3-4-8-14(13)19-10-12-6-5-9-17-15(12)18-2/h3-9,11H,10,16H2,1-2H3/t11-/m1/s1. The lowest BCUT2D eigenvalue weighted by molar-refractivity contribution is 0.290. The van der Waals surface area contributed by atoms with Crippen LogP contribution in [-0.4, -0.2) is 12.1 Å². The molecule has 0 spiro atoms. The molecular weight excluding hydrogens is 240 g/mol. The number of rotatable bonds is 5. The van der Waals surface area contributed by atoms with Gasteiger partial charge in [-0.25, -0.2) is 4.98 Å². The van der Waals surface area contributed by atoms with Gasteiger partial charge in [0.2, 0.25) is 5.88 Å². The minimum absolute atomic E-state index is 0.0630. The molecule has 0 bridgehead atoms. The number of hydrogen-bond acceptors (Lipinski definition) is 4. The number of nitrogens with zero attached hydrogens (tertiary/aromatic N) is 1. The number of pyridine rings is 1. The highest BCUT2D eigenvalue weighted by atomic mass is 16.5. The molecule has 0 saturated carbocycles. The summed E-state index contributed by atoms with van der Waals surface area (Å²) in [4.78, 5) is 4.14. The van der Waals surface area contributed by atoms with Crippen LogP contribution >= 0.6 is 0 Å². The average Bonchev–Trinajstić information content (AvgIpc) is 2.45. The second-order valence-corrected chi connectivity index (χ2v) is 4.29. The number of aromatic nitrogens is 1. The highest BCUT2D eigenvalue weighted by Crippen LogP contribution is 2.25. The second-order valence-electron chi connectivity index (χ2n) is 4.29. The Balaban J connectivity index is 2.15. The zero-order valence-corrected chi connectivity index (χ0v) is 11.2. The highest BCUT2D eigenvalue weighted by molar-refractivity contribution is 5.36.